The molecule has 138 valence electrons. The third kappa shape index (κ3) is 5.60. The summed E-state index contributed by atoms with van der Waals surface area (Å²) in [7, 11) is 0. The van der Waals surface area contributed by atoms with E-state index in [0.717, 1.165) is 37.7 Å². The summed E-state index contributed by atoms with van der Waals surface area (Å²) in [5.74, 6) is 1.50. The summed E-state index contributed by atoms with van der Waals surface area (Å²) in [6, 6.07) is 16.4. The number of benzene rings is 2. The topological polar surface area (TPSA) is 41.6 Å². The number of nitrogens with one attached hydrogen (secondary N) is 1. The van der Waals surface area contributed by atoms with Gasteiger partial charge in [0, 0.05) is 31.6 Å². The molecule has 0 unspecified atom stereocenters. The molecule has 2 aromatic rings. The molecule has 1 aliphatic rings. The molecule has 3 rings (SSSR count). The SMILES string of the molecule is CC(=O)Nc1ccc(CN2CCC[C@H](COc3ccc(C)cc3)C2)cc1. The minimum Gasteiger partial charge on any atom is -0.493 e. The highest BCUT2D eigenvalue weighted by molar-refractivity contribution is 5.88. The monoisotopic (exact) mass is 352 g/mol. The molecule has 0 saturated carbocycles. The lowest BCUT2D eigenvalue weighted by Crippen LogP contribution is -2.37. The van der Waals surface area contributed by atoms with Crippen LogP contribution in [0.25, 0.3) is 0 Å². The molecule has 1 aliphatic heterocycles. The Morgan fingerprint density at radius 3 is 2.58 bits per heavy atom. The zero-order valence-corrected chi connectivity index (χ0v) is 15.7. The molecule has 1 N–H and O–H groups in total. The van der Waals surface area contributed by atoms with Gasteiger partial charge >= 0.3 is 0 Å². The molecular weight excluding hydrogens is 324 g/mol. The van der Waals surface area contributed by atoms with Crippen molar-refractivity contribution in [1.29, 1.82) is 0 Å². The van der Waals surface area contributed by atoms with Crippen molar-refractivity contribution < 1.29 is 9.53 Å². The lowest BCUT2D eigenvalue weighted by atomic mass is 9.98. The highest BCUT2D eigenvalue weighted by Gasteiger charge is 2.20. The molecule has 1 saturated heterocycles. The Morgan fingerprint density at radius 1 is 1.15 bits per heavy atom. The average molecular weight is 352 g/mol. The van der Waals surface area contributed by atoms with Crippen LogP contribution in [0.4, 0.5) is 5.69 Å². The number of hydrogen-bond donors (Lipinski definition) is 1. The van der Waals surface area contributed by atoms with E-state index in [1.54, 1.807) is 0 Å². The van der Waals surface area contributed by atoms with Gasteiger partial charge in [-0.1, -0.05) is 29.8 Å². The van der Waals surface area contributed by atoms with Crippen LogP contribution in [0.15, 0.2) is 48.5 Å². The van der Waals surface area contributed by atoms with Crippen molar-refractivity contribution in [3.8, 4) is 5.75 Å². The van der Waals surface area contributed by atoms with Gasteiger partial charge in [0.05, 0.1) is 6.61 Å². The molecule has 2 aromatic carbocycles. The van der Waals surface area contributed by atoms with Gasteiger partial charge in [0.2, 0.25) is 5.91 Å². The minimum absolute atomic E-state index is 0.0369. The summed E-state index contributed by atoms with van der Waals surface area (Å²) >= 11 is 0. The number of hydrogen-bond acceptors (Lipinski definition) is 3. The number of carbonyl (C=O) groups is 1. The van der Waals surface area contributed by atoms with Gasteiger partial charge in [-0.2, -0.15) is 0 Å². The van der Waals surface area contributed by atoms with Gasteiger partial charge in [-0.15, -0.1) is 0 Å². The average Bonchev–Trinajstić information content (AvgIpc) is 2.63. The molecule has 4 heteroatoms. The van der Waals surface area contributed by atoms with Crippen molar-refractivity contribution >= 4 is 11.6 Å². The number of piperidine rings is 1. The standard InChI is InChI=1S/C22H28N2O2/c1-17-5-11-22(12-6-17)26-16-20-4-3-13-24(15-20)14-19-7-9-21(10-8-19)23-18(2)25/h5-12,20H,3-4,13-16H2,1-2H3,(H,23,25)/t20-/m0/s1. The first-order valence-corrected chi connectivity index (χ1v) is 9.37. The van der Waals surface area contributed by atoms with Gasteiger partial charge in [0.25, 0.3) is 0 Å². The third-order valence-corrected chi connectivity index (χ3v) is 4.79. The fourth-order valence-corrected chi connectivity index (χ4v) is 3.43. The zero-order valence-electron chi connectivity index (χ0n) is 15.7. The molecule has 0 bridgehead atoms. The second-order valence-electron chi connectivity index (χ2n) is 7.25. The van der Waals surface area contributed by atoms with Crippen molar-refractivity contribution in [3.63, 3.8) is 0 Å². The molecular formula is C22H28N2O2. The summed E-state index contributed by atoms with van der Waals surface area (Å²) in [4.78, 5) is 13.6. The second kappa shape index (κ2) is 8.86. The van der Waals surface area contributed by atoms with E-state index in [4.69, 9.17) is 4.74 Å². The first kappa shape index (κ1) is 18.5. The molecule has 4 nitrogen and oxygen atoms in total. The van der Waals surface area contributed by atoms with Crippen LogP contribution in [0.2, 0.25) is 0 Å². The molecule has 26 heavy (non-hydrogen) atoms. The van der Waals surface area contributed by atoms with E-state index in [2.05, 4.69) is 41.4 Å². The van der Waals surface area contributed by atoms with E-state index >= 15 is 0 Å². The predicted molar refractivity (Wildman–Crippen MR) is 105 cm³/mol. The van der Waals surface area contributed by atoms with Gasteiger partial charge in [0.1, 0.15) is 5.75 Å². The number of carbonyl (C=O) groups excluding carboxylic acids is 1. The summed E-state index contributed by atoms with van der Waals surface area (Å²) < 4.78 is 5.98. The number of likely N-dealkylation sites (tertiary alicyclic amines) is 1. The Hall–Kier alpha value is -2.33. The van der Waals surface area contributed by atoms with E-state index in [1.807, 2.05) is 24.3 Å². The lowest BCUT2D eigenvalue weighted by molar-refractivity contribution is -0.114. The molecule has 0 radical (unpaired) electrons. The van der Waals surface area contributed by atoms with Crippen LogP contribution in [0, 0.1) is 12.8 Å². The van der Waals surface area contributed by atoms with E-state index in [9.17, 15) is 4.79 Å². The molecule has 0 spiro atoms. The van der Waals surface area contributed by atoms with Gasteiger partial charge in [0.15, 0.2) is 0 Å². The van der Waals surface area contributed by atoms with E-state index in [1.165, 1.54) is 30.9 Å². The Kier molecular flexibility index (Phi) is 6.29. The lowest BCUT2D eigenvalue weighted by Gasteiger charge is -2.32. The third-order valence-electron chi connectivity index (χ3n) is 4.79. The Morgan fingerprint density at radius 2 is 1.88 bits per heavy atom. The first-order valence-electron chi connectivity index (χ1n) is 9.37. The number of rotatable bonds is 6. The Bertz CT molecular complexity index is 710. The van der Waals surface area contributed by atoms with Crippen LogP contribution in [0.5, 0.6) is 5.75 Å². The summed E-state index contributed by atoms with van der Waals surface area (Å²) in [5.41, 5.74) is 3.38. The molecule has 1 amide bonds. The molecule has 1 fully saturated rings. The fraction of sp³-hybridized carbons (Fsp3) is 0.409. The quantitative estimate of drug-likeness (QED) is 0.845. The number of nitrogens with zero attached hydrogens (tertiary/aromatic N) is 1. The predicted octanol–water partition coefficient (Wildman–Crippen LogP) is 4.24. The van der Waals surface area contributed by atoms with Crippen LogP contribution >= 0.6 is 0 Å². The van der Waals surface area contributed by atoms with E-state index in [-0.39, 0.29) is 5.91 Å². The van der Waals surface area contributed by atoms with Gasteiger partial charge in [-0.05, 0) is 56.1 Å². The largest absolute Gasteiger partial charge is 0.493 e. The van der Waals surface area contributed by atoms with Crippen molar-refractivity contribution in [2.45, 2.75) is 33.2 Å². The highest BCUT2D eigenvalue weighted by atomic mass is 16.5. The van der Waals surface area contributed by atoms with E-state index < -0.39 is 0 Å². The van der Waals surface area contributed by atoms with Crippen LogP contribution in [0.1, 0.15) is 30.9 Å². The number of ether oxygens (including phenoxy) is 1. The summed E-state index contributed by atoms with van der Waals surface area (Å²) in [6.45, 7) is 7.54. The Balaban J connectivity index is 1.48. The summed E-state index contributed by atoms with van der Waals surface area (Å²) in [5, 5.41) is 2.81. The fourth-order valence-electron chi connectivity index (χ4n) is 3.43. The minimum atomic E-state index is -0.0369. The second-order valence-corrected chi connectivity index (χ2v) is 7.25. The van der Waals surface area contributed by atoms with Gasteiger partial charge in [-0.25, -0.2) is 0 Å². The number of amides is 1. The van der Waals surface area contributed by atoms with E-state index in [0.29, 0.717) is 5.92 Å². The molecule has 0 aliphatic carbocycles. The highest BCUT2D eigenvalue weighted by Crippen LogP contribution is 2.21. The maximum absolute atomic E-state index is 11.1. The number of aryl methyl sites for hydroxylation is 1. The normalized spacial score (nSPS) is 17.7. The van der Waals surface area contributed by atoms with Crippen LogP contribution in [-0.2, 0) is 11.3 Å². The van der Waals surface area contributed by atoms with Crippen molar-refractivity contribution in [3.05, 3.63) is 59.7 Å². The van der Waals surface area contributed by atoms with Crippen molar-refractivity contribution in [2.24, 2.45) is 5.92 Å². The van der Waals surface area contributed by atoms with Crippen LogP contribution in [-0.4, -0.2) is 30.5 Å². The first-order chi connectivity index (χ1) is 12.6. The molecule has 1 atom stereocenters. The summed E-state index contributed by atoms with van der Waals surface area (Å²) in [6.07, 6.45) is 2.44. The van der Waals surface area contributed by atoms with Crippen LogP contribution in [0.3, 0.4) is 0 Å². The van der Waals surface area contributed by atoms with Gasteiger partial charge < -0.3 is 10.1 Å². The maximum atomic E-state index is 11.1. The molecule has 1 heterocycles. The smallest absolute Gasteiger partial charge is 0.221 e. The van der Waals surface area contributed by atoms with Crippen molar-refractivity contribution in [2.75, 3.05) is 25.0 Å². The zero-order chi connectivity index (χ0) is 18.4. The number of anilines is 1. The maximum Gasteiger partial charge on any atom is 0.221 e. The van der Waals surface area contributed by atoms with Crippen LogP contribution < -0.4 is 10.1 Å². The Labute approximate surface area is 156 Å². The van der Waals surface area contributed by atoms with Crippen molar-refractivity contribution in [1.82, 2.24) is 4.90 Å². The molecule has 0 aromatic heterocycles. The van der Waals surface area contributed by atoms with Gasteiger partial charge in [-0.3, -0.25) is 9.69 Å².